The first-order chi connectivity index (χ1) is 0. The molecule has 0 aromatic heterocycles. The van der Waals surface area contributed by atoms with Crippen molar-refractivity contribution in [3.05, 3.63) is 0 Å². The van der Waals surface area contributed by atoms with Crippen LogP contribution in [0.4, 0.5) is 0 Å². The molecular weight excluding hydrogens is 228 g/mol. The summed E-state index contributed by atoms with van der Waals surface area (Å²) in [5.41, 5.74) is 0. The Labute approximate surface area is 70.1 Å². The van der Waals surface area contributed by atoms with Gasteiger partial charge in [-0.3, -0.25) is 0 Å². The van der Waals surface area contributed by atoms with Gasteiger partial charge in [-0.2, -0.15) is 0 Å². The van der Waals surface area contributed by atoms with Crippen LogP contribution in [-0.4, -0.2) is 17.6 Å². The molecule has 0 aliphatic rings. The first-order valence-corrected chi connectivity index (χ1v) is 0. The summed E-state index contributed by atoms with van der Waals surface area (Å²) in [5.74, 6) is 0. The largest absolute Gasteiger partial charge is 4.00 e. The predicted molar refractivity (Wildman–Crippen MR) is 20.5 cm³/mol. The smallest absolute Gasteiger partial charge is 2.00 e. The van der Waals surface area contributed by atoms with Gasteiger partial charge in [-0.15, -0.1) is 0 Å². The van der Waals surface area contributed by atoms with Gasteiger partial charge in [-0.1, -0.05) is 0 Å². The van der Waals surface area contributed by atoms with Gasteiger partial charge >= 0.3 is 26.2 Å². The maximum absolute atomic E-state index is 0. The van der Waals surface area contributed by atoms with Gasteiger partial charge in [-0.25, -0.2) is 0 Å². The van der Waals surface area contributed by atoms with Gasteiger partial charge in [0.2, 0.25) is 0 Å². The van der Waals surface area contributed by atoms with Crippen LogP contribution in [-0.2, 0) is 53.2 Å². The third-order valence-corrected chi connectivity index (χ3v) is 0. The molecule has 0 atom stereocenters. The molecule has 0 N–H and O–H groups in total. The summed E-state index contributed by atoms with van der Waals surface area (Å²) in [6, 6.07) is 0. The van der Waals surface area contributed by atoms with Crippen molar-refractivity contribution >= 4 is 44.6 Å². The van der Waals surface area contributed by atoms with Crippen LogP contribution in [0.1, 0.15) is 0 Å². The Morgan fingerprint density at radius 2 is 0.750 bits per heavy atom. The second kappa shape index (κ2) is 19.3. The van der Waals surface area contributed by atoms with Crippen molar-refractivity contribution in [1.29, 1.82) is 0 Å². The third kappa shape index (κ3) is 8.92. The summed E-state index contributed by atoms with van der Waals surface area (Å²) < 4.78 is 0. The van der Waals surface area contributed by atoms with Crippen LogP contribution in [0.3, 0.4) is 0 Å². The van der Waals surface area contributed by atoms with Gasteiger partial charge < -0.3 is 27.0 Å². The van der Waals surface area contributed by atoms with E-state index in [2.05, 4.69) is 0 Å². The van der Waals surface area contributed by atoms with Crippen molar-refractivity contribution in [3.8, 4) is 0 Å². The van der Waals surface area contributed by atoms with Crippen LogP contribution in [0, 0.1) is 0 Å². The second-order valence-corrected chi connectivity index (χ2v) is 0. The minimum atomic E-state index is 0. The first-order valence-electron chi connectivity index (χ1n) is 0. The van der Waals surface area contributed by atoms with E-state index in [4.69, 9.17) is 0 Å². The molecule has 4 heteroatoms. The minimum Gasteiger partial charge on any atom is -2.00 e. The Hall–Kier alpha value is 2.13. The predicted octanol–water partition coefficient (Wildman–Crippen LogP) is -0.388. The summed E-state index contributed by atoms with van der Waals surface area (Å²) in [6.07, 6.45) is 0. The van der Waals surface area contributed by atoms with Crippen LogP contribution >= 0.6 is 0 Å². The Morgan fingerprint density at radius 1 is 0.750 bits per heavy atom. The van der Waals surface area contributed by atoms with Crippen molar-refractivity contribution in [2.24, 2.45) is 0 Å². The molecule has 0 spiro atoms. The molecule has 0 nitrogen and oxygen atoms in total. The molecule has 4 heavy (non-hydrogen) atoms. The van der Waals surface area contributed by atoms with E-state index in [1.54, 1.807) is 0 Å². The van der Waals surface area contributed by atoms with E-state index in [0.29, 0.717) is 0 Å². The van der Waals surface area contributed by atoms with Gasteiger partial charge in [0.1, 0.15) is 0 Å². The van der Waals surface area contributed by atoms with Crippen LogP contribution in [0.25, 0.3) is 0 Å². The monoisotopic (exact) mass is 228 g/mol. The molecule has 0 heterocycles. The summed E-state index contributed by atoms with van der Waals surface area (Å²) in [4.78, 5) is 0. The summed E-state index contributed by atoms with van der Waals surface area (Å²) in [7, 11) is 0. The van der Waals surface area contributed by atoms with E-state index >= 15 is 0 Å². The van der Waals surface area contributed by atoms with Gasteiger partial charge in [0.15, 0.2) is 0 Å². The fraction of sp³-hybridized carbons (Fsp3) is 0. The van der Waals surface area contributed by atoms with Crippen molar-refractivity contribution < 1.29 is 26.2 Å². The molecule has 0 aliphatic carbocycles. The van der Waals surface area contributed by atoms with Gasteiger partial charge in [0.05, 0.1) is 0 Å². The van der Waals surface area contributed by atoms with E-state index in [-0.39, 0.29) is 70.8 Å². The molecule has 0 aromatic carbocycles. The molecule has 0 fully saturated rings. The fourth-order valence-corrected chi connectivity index (χ4v) is 0. The Bertz CT molecular complexity index is 6.00. The SMILES string of the molecule is [Ge].[S-2].[S-2].[Zr+4]. The second-order valence-electron chi connectivity index (χ2n) is 0. The zero-order valence-electron chi connectivity index (χ0n) is 1.82. The maximum atomic E-state index is 0. The molecule has 4 radical (unpaired) electrons. The number of hydrogen-bond donors (Lipinski definition) is 0. The normalized spacial score (nSPS) is 0. The molecule has 0 unspecified atom stereocenters. The van der Waals surface area contributed by atoms with Crippen LogP contribution in [0.15, 0.2) is 0 Å². The quantitative estimate of drug-likeness (QED) is 0.495. The maximum Gasteiger partial charge on any atom is 4.00 e. The average molecular weight is 228 g/mol. The molecule has 0 saturated carbocycles. The molecule has 0 bridgehead atoms. The van der Waals surface area contributed by atoms with Crippen LogP contribution in [0.2, 0.25) is 0 Å². The van der Waals surface area contributed by atoms with Crippen molar-refractivity contribution in [3.63, 3.8) is 0 Å². The molecule has 0 saturated heterocycles. The third-order valence-electron chi connectivity index (χ3n) is 0. The van der Waals surface area contributed by atoms with E-state index in [9.17, 15) is 0 Å². The van der Waals surface area contributed by atoms with E-state index in [1.165, 1.54) is 0 Å². The van der Waals surface area contributed by atoms with E-state index < -0.39 is 0 Å². The topological polar surface area (TPSA) is 0 Å². The van der Waals surface area contributed by atoms with Crippen LogP contribution in [0.5, 0.6) is 0 Å². The van der Waals surface area contributed by atoms with Crippen LogP contribution < -0.4 is 0 Å². The number of rotatable bonds is 0. The zero-order valence-corrected chi connectivity index (χ0v) is 8.01. The van der Waals surface area contributed by atoms with Crippen molar-refractivity contribution in [2.45, 2.75) is 0 Å². The molecule has 0 rings (SSSR count). The van der Waals surface area contributed by atoms with E-state index in [1.807, 2.05) is 0 Å². The molecule has 0 aromatic rings. The number of hydrogen-bond acceptors (Lipinski definition) is 0. The average Bonchev–Trinajstić information content (AvgIpc) is 0. The summed E-state index contributed by atoms with van der Waals surface area (Å²) >= 11 is 0. The first kappa shape index (κ1) is 35.6. The molecular formula is GeS2Zr. The Kier molecular flexibility index (Phi) is 172. The molecule has 0 amide bonds. The van der Waals surface area contributed by atoms with Crippen molar-refractivity contribution in [1.82, 2.24) is 0 Å². The Morgan fingerprint density at radius 3 is 0.750 bits per heavy atom. The standard InChI is InChI=1S/Ge.2S.Zr/q;2*-2;+4. The van der Waals surface area contributed by atoms with Crippen molar-refractivity contribution in [2.75, 3.05) is 0 Å². The Balaban J connectivity index is 0. The van der Waals surface area contributed by atoms with Gasteiger partial charge in [-0.05, 0) is 0 Å². The molecule has 0 aliphatic heterocycles. The summed E-state index contributed by atoms with van der Waals surface area (Å²) in [6.45, 7) is 0. The van der Waals surface area contributed by atoms with Gasteiger partial charge in [0.25, 0.3) is 0 Å². The van der Waals surface area contributed by atoms with Gasteiger partial charge in [0, 0.05) is 17.6 Å². The van der Waals surface area contributed by atoms with E-state index in [0.717, 1.165) is 0 Å². The summed E-state index contributed by atoms with van der Waals surface area (Å²) in [5, 5.41) is 0. The fourth-order valence-electron chi connectivity index (χ4n) is 0. The molecule has 20 valence electrons. The zero-order chi connectivity index (χ0) is 0. The minimum absolute atomic E-state index is 0.